The van der Waals surface area contributed by atoms with E-state index in [0.29, 0.717) is 0 Å². The average Bonchev–Trinajstić information content (AvgIpc) is 2.77. The van der Waals surface area contributed by atoms with Crippen molar-refractivity contribution in [2.24, 2.45) is 0 Å². The summed E-state index contributed by atoms with van der Waals surface area (Å²) in [4.78, 5) is 30.7. The van der Waals surface area contributed by atoms with Gasteiger partial charge in [0, 0.05) is 36.4 Å². The van der Waals surface area contributed by atoms with Gasteiger partial charge >= 0.3 is 7.82 Å². The van der Waals surface area contributed by atoms with Crippen LogP contribution in [0.1, 0.15) is 0 Å². The lowest BCUT2D eigenvalue weighted by molar-refractivity contribution is -0.385. The van der Waals surface area contributed by atoms with Gasteiger partial charge in [0.1, 0.15) is 0 Å². The van der Waals surface area contributed by atoms with E-state index >= 15 is 0 Å². The molecule has 3 rings (SSSR count). The van der Waals surface area contributed by atoms with Gasteiger partial charge in [-0.15, -0.1) is 0 Å². The Bertz CT molecular complexity index is 1230. The van der Waals surface area contributed by atoms with Gasteiger partial charge in [0.2, 0.25) is 0 Å². The molecule has 16 nitrogen and oxygen atoms in total. The summed E-state index contributed by atoms with van der Waals surface area (Å²) in [7, 11) is -4.83. The van der Waals surface area contributed by atoms with E-state index in [0.717, 1.165) is 54.6 Å². The molecule has 0 fully saturated rings. The third-order valence-corrected chi connectivity index (χ3v) is 5.50. The predicted molar refractivity (Wildman–Crippen MR) is 122 cm³/mol. The minimum Gasteiger partial charge on any atom is -0.396 e. The Labute approximate surface area is 194 Å². The zero-order valence-corrected chi connectivity index (χ0v) is 18.2. The van der Waals surface area contributed by atoms with Gasteiger partial charge in [0.25, 0.3) is 17.1 Å². The van der Waals surface area contributed by atoms with Crippen molar-refractivity contribution in [1.82, 2.24) is 0 Å². The van der Waals surface area contributed by atoms with Crippen molar-refractivity contribution in [2.75, 3.05) is 17.2 Å². The molecule has 3 aromatic rings. The SMILES string of the molecule is Nc1cc([N+](=O)[O-])ccc1OP(=O)(Oc1ccc([N+](=O)[O-])cc1N)Oc1ccc([N+](=O)[O-])cc1N. The Morgan fingerprint density at radius 1 is 0.571 bits per heavy atom. The number of phosphoric acid groups is 1. The Hall–Kier alpha value is -5.11. The summed E-state index contributed by atoms with van der Waals surface area (Å²) in [6.07, 6.45) is 0. The van der Waals surface area contributed by atoms with E-state index in [2.05, 4.69) is 0 Å². The smallest absolute Gasteiger partial charge is 0.396 e. The monoisotopic (exact) mass is 506 g/mol. The van der Waals surface area contributed by atoms with E-state index in [-0.39, 0.29) is 51.4 Å². The third kappa shape index (κ3) is 5.63. The summed E-state index contributed by atoms with van der Waals surface area (Å²) >= 11 is 0. The first-order chi connectivity index (χ1) is 16.4. The molecular weight excluding hydrogens is 491 g/mol. The Morgan fingerprint density at radius 2 is 0.829 bits per heavy atom. The van der Waals surface area contributed by atoms with E-state index in [1.807, 2.05) is 0 Å². The fourth-order valence-electron chi connectivity index (χ4n) is 2.61. The van der Waals surface area contributed by atoms with E-state index in [4.69, 9.17) is 30.8 Å². The van der Waals surface area contributed by atoms with Gasteiger partial charge in [-0.3, -0.25) is 30.3 Å². The van der Waals surface area contributed by atoms with E-state index in [9.17, 15) is 34.9 Å². The second-order valence-corrected chi connectivity index (χ2v) is 8.10. The third-order valence-electron chi connectivity index (χ3n) is 4.24. The highest BCUT2D eigenvalue weighted by Gasteiger charge is 2.36. The first kappa shape index (κ1) is 24.5. The predicted octanol–water partition coefficient (Wildman–Crippen LogP) is 3.80. The molecule has 6 N–H and O–H groups in total. The van der Waals surface area contributed by atoms with Crippen LogP contribution >= 0.6 is 7.82 Å². The number of hydrogen-bond donors (Lipinski definition) is 3. The van der Waals surface area contributed by atoms with E-state index in [1.54, 1.807) is 0 Å². The summed E-state index contributed by atoms with van der Waals surface area (Å²) in [6.45, 7) is 0. The van der Waals surface area contributed by atoms with Crippen molar-refractivity contribution in [3.05, 3.63) is 84.9 Å². The summed E-state index contributed by atoms with van der Waals surface area (Å²) in [5.74, 6) is -1.04. The average molecular weight is 506 g/mol. The molecule has 0 aliphatic heterocycles. The molecule has 0 bridgehead atoms. The molecule has 3 aromatic carbocycles. The fourth-order valence-corrected chi connectivity index (χ4v) is 3.95. The number of nitrogen functional groups attached to an aromatic ring is 3. The lowest BCUT2D eigenvalue weighted by Crippen LogP contribution is -2.10. The molecule has 0 radical (unpaired) electrons. The van der Waals surface area contributed by atoms with Gasteiger partial charge < -0.3 is 30.8 Å². The molecule has 0 saturated heterocycles. The van der Waals surface area contributed by atoms with Crippen LogP contribution in [0.2, 0.25) is 0 Å². The molecule has 182 valence electrons. The molecule has 0 atom stereocenters. The van der Waals surface area contributed by atoms with Gasteiger partial charge in [-0.1, -0.05) is 0 Å². The summed E-state index contributed by atoms with van der Waals surface area (Å²) in [5.41, 5.74) is 15.2. The fraction of sp³-hybridized carbons (Fsp3) is 0. The van der Waals surface area contributed by atoms with Crippen LogP contribution in [0.4, 0.5) is 34.1 Å². The van der Waals surface area contributed by atoms with Crippen LogP contribution in [-0.4, -0.2) is 14.8 Å². The van der Waals surface area contributed by atoms with Crippen molar-refractivity contribution in [1.29, 1.82) is 0 Å². The number of anilines is 3. The van der Waals surface area contributed by atoms with Crippen LogP contribution in [0, 0.1) is 30.3 Å². The number of phosphoric ester groups is 1. The number of benzene rings is 3. The number of rotatable bonds is 9. The maximum absolute atomic E-state index is 13.6. The molecule has 0 aromatic heterocycles. The van der Waals surface area contributed by atoms with Crippen LogP contribution in [0.15, 0.2) is 54.6 Å². The van der Waals surface area contributed by atoms with Gasteiger partial charge in [0.05, 0.1) is 31.8 Å². The van der Waals surface area contributed by atoms with Gasteiger partial charge in [-0.2, -0.15) is 4.57 Å². The number of nitrogens with two attached hydrogens (primary N) is 3. The maximum Gasteiger partial charge on any atom is 0.647 e. The van der Waals surface area contributed by atoms with Crippen molar-refractivity contribution < 1.29 is 32.9 Å². The number of nitrogens with zero attached hydrogens (tertiary/aromatic N) is 3. The molecule has 35 heavy (non-hydrogen) atoms. The van der Waals surface area contributed by atoms with Crippen LogP contribution in [0.5, 0.6) is 17.2 Å². The summed E-state index contributed by atoms with van der Waals surface area (Å²) in [6, 6.07) is 8.92. The zero-order valence-electron chi connectivity index (χ0n) is 17.3. The molecule has 0 aliphatic rings. The lowest BCUT2D eigenvalue weighted by atomic mass is 10.2. The molecular formula is C18H15N6O10P. The highest BCUT2D eigenvalue weighted by molar-refractivity contribution is 7.49. The largest absolute Gasteiger partial charge is 0.647 e. The maximum atomic E-state index is 13.6. The van der Waals surface area contributed by atoms with Crippen LogP contribution in [-0.2, 0) is 4.57 Å². The highest BCUT2D eigenvalue weighted by atomic mass is 31.2. The molecule has 17 heteroatoms. The zero-order chi connectivity index (χ0) is 25.9. The first-order valence-electron chi connectivity index (χ1n) is 9.19. The second-order valence-electron chi connectivity index (χ2n) is 6.66. The lowest BCUT2D eigenvalue weighted by Gasteiger charge is -2.21. The quantitative estimate of drug-likeness (QED) is 0.162. The number of hydrogen-bond acceptors (Lipinski definition) is 13. The van der Waals surface area contributed by atoms with Crippen LogP contribution in [0.25, 0.3) is 0 Å². The highest BCUT2D eigenvalue weighted by Crippen LogP contribution is 2.53. The Balaban J connectivity index is 2.03. The van der Waals surface area contributed by atoms with Crippen molar-refractivity contribution in [3.8, 4) is 17.2 Å². The van der Waals surface area contributed by atoms with Gasteiger partial charge in [-0.05, 0) is 18.2 Å². The van der Waals surface area contributed by atoms with Gasteiger partial charge in [-0.25, -0.2) is 0 Å². The normalized spacial score (nSPS) is 10.9. The number of non-ortho nitro benzene ring substituents is 3. The molecule has 0 heterocycles. The molecule has 0 amide bonds. The minimum atomic E-state index is -4.83. The summed E-state index contributed by atoms with van der Waals surface area (Å²) < 4.78 is 29.6. The molecule has 0 unspecified atom stereocenters. The van der Waals surface area contributed by atoms with Crippen molar-refractivity contribution in [3.63, 3.8) is 0 Å². The van der Waals surface area contributed by atoms with Crippen molar-refractivity contribution >= 4 is 41.9 Å². The van der Waals surface area contributed by atoms with Crippen LogP contribution < -0.4 is 30.8 Å². The van der Waals surface area contributed by atoms with E-state index in [1.165, 1.54) is 0 Å². The molecule has 0 spiro atoms. The van der Waals surface area contributed by atoms with Gasteiger partial charge in [0.15, 0.2) is 17.2 Å². The first-order valence-corrected chi connectivity index (χ1v) is 10.6. The minimum absolute atomic E-state index is 0.306. The topological polar surface area (TPSA) is 252 Å². The molecule has 0 saturated carbocycles. The Morgan fingerprint density at radius 3 is 1.03 bits per heavy atom. The van der Waals surface area contributed by atoms with Crippen LogP contribution in [0.3, 0.4) is 0 Å². The number of nitro benzene ring substituents is 3. The van der Waals surface area contributed by atoms with Crippen molar-refractivity contribution in [2.45, 2.75) is 0 Å². The standard InChI is InChI=1S/C18H15N6O10P/c19-13-7-10(22(25)26)1-4-16(13)32-35(31,33-17-5-2-11(23(27)28)8-14(17)20)34-18-6-3-12(24(29)30)9-15(18)21/h1-9H,19-21H2. The van der Waals surface area contributed by atoms with E-state index < -0.39 is 22.6 Å². The number of nitro groups is 3. The Kier molecular flexibility index (Phi) is 6.59. The summed E-state index contributed by atoms with van der Waals surface area (Å²) in [5, 5.41) is 32.8. The molecule has 0 aliphatic carbocycles. The second kappa shape index (κ2) is 9.40.